The summed E-state index contributed by atoms with van der Waals surface area (Å²) >= 11 is 5.86. The van der Waals surface area contributed by atoms with Crippen LogP contribution in [-0.2, 0) is 4.79 Å². The van der Waals surface area contributed by atoms with Gasteiger partial charge in [0.1, 0.15) is 0 Å². The number of benzene rings is 2. The largest absolute Gasteiger partial charge is 0.352 e. The van der Waals surface area contributed by atoms with E-state index in [0.29, 0.717) is 24.1 Å². The van der Waals surface area contributed by atoms with Crippen molar-refractivity contribution in [3.63, 3.8) is 0 Å². The second-order valence-electron chi connectivity index (χ2n) is 10.3. The first-order chi connectivity index (χ1) is 18.7. The van der Waals surface area contributed by atoms with Crippen molar-refractivity contribution < 1.29 is 4.79 Å². The van der Waals surface area contributed by atoms with Crippen LogP contribution in [0.2, 0.25) is 0 Å². The monoisotopic (exact) mass is 523 g/mol. The summed E-state index contributed by atoms with van der Waals surface area (Å²) in [5.74, 6) is -0.0214. The predicted octanol–water partition coefficient (Wildman–Crippen LogP) is 6.54. The van der Waals surface area contributed by atoms with Crippen LogP contribution in [0.1, 0.15) is 68.0 Å². The molecular weight excluding hydrogens is 490 g/mol. The molecule has 3 heterocycles. The lowest BCUT2D eigenvalue weighted by atomic mass is 9.94. The molecule has 0 radical (unpaired) electrons. The SMILES string of the molecule is O=C(CCN1C(=S)NC(c2ccccn2)C1c1cccn1C1CCCCC1)Nc1cccc2ccccc12. The molecule has 1 aliphatic carbocycles. The third-order valence-electron chi connectivity index (χ3n) is 7.92. The van der Waals surface area contributed by atoms with Crippen molar-refractivity contribution in [2.24, 2.45) is 0 Å². The number of aromatic nitrogens is 2. The highest BCUT2D eigenvalue weighted by molar-refractivity contribution is 7.80. The van der Waals surface area contributed by atoms with Gasteiger partial charge in [0.05, 0.1) is 17.8 Å². The third-order valence-corrected chi connectivity index (χ3v) is 8.28. The average molecular weight is 524 g/mol. The lowest BCUT2D eigenvalue weighted by molar-refractivity contribution is -0.116. The fraction of sp³-hybridized carbons (Fsp3) is 0.323. The Kier molecular flexibility index (Phi) is 7.10. The first kappa shape index (κ1) is 24.6. The first-order valence-electron chi connectivity index (χ1n) is 13.6. The zero-order chi connectivity index (χ0) is 25.9. The van der Waals surface area contributed by atoms with Crippen LogP contribution in [0, 0.1) is 0 Å². The summed E-state index contributed by atoms with van der Waals surface area (Å²) in [6.07, 6.45) is 10.6. The van der Waals surface area contributed by atoms with E-state index in [1.165, 1.54) is 37.8 Å². The molecule has 194 valence electrons. The quantitative estimate of drug-likeness (QED) is 0.269. The molecule has 1 amide bonds. The number of carbonyl (C=O) groups is 1. The summed E-state index contributed by atoms with van der Waals surface area (Å²) in [5.41, 5.74) is 3.03. The van der Waals surface area contributed by atoms with E-state index >= 15 is 0 Å². The highest BCUT2D eigenvalue weighted by Crippen LogP contribution is 2.41. The van der Waals surface area contributed by atoms with Crippen molar-refractivity contribution in [3.8, 4) is 0 Å². The van der Waals surface area contributed by atoms with Crippen LogP contribution >= 0.6 is 12.2 Å². The number of nitrogens with one attached hydrogen (secondary N) is 2. The molecule has 0 bridgehead atoms. The number of hydrogen-bond donors (Lipinski definition) is 2. The molecule has 2 aromatic heterocycles. The van der Waals surface area contributed by atoms with Crippen LogP contribution < -0.4 is 10.6 Å². The zero-order valence-electron chi connectivity index (χ0n) is 21.4. The Morgan fingerprint density at radius 1 is 0.974 bits per heavy atom. The highest BCUT2D eigenvalue weighted by Gasteiger charge is 2.41. The summed E-state index contributed by atoms with van der Waals surface area (Å²) < 4.78 is 2.46. The molecule has 2 unspecified atom stereocenters. The fourth-order valence-corrected chi connectivity index (χ4v) is 6.42. The van der Waals surface area contributed by atoms with E-state index in [1.807, 2.05) is 48.7 Å². The molecule has 38 heavy (non-hydrogen) atoms. The van der Waals surface area contributed by atoms with Gasteiger partial charge in [0.25, 0.3) is 0 Å². The summed E-state index contributed by atoms with van der Waals surface area (Å²) in [5, 5.41) is 9.49. The van der Waals surface area contributed by atoms with Crippen LogP contribution in [0.15, 0.2) is 85.2 Å². The van der Waals surface area contributed by atoms with Gasteiger partial charge in [0.2, 0.25) is 5.91 Å². The van der Waals surface area contributed by atoms with E-state index in [2.05, 4.69) is 61.6 Å². The highest BCUT2D eigenvalue weighted by atomic mass is 32.1. The van der Waals surface area contributed by atoms with Crippen molar-refractivity contribution in [1.29, 1.82) is 0 Å². The van der Waals surface area contributed by atoms with E-state index < -0.39 is 0 Å². The number of carbonyl (C=O) groups excluding carboxylic acids is 1. The van der Waals surface area contributed by atoms with Gasteiger partial charge in [-0.05, 0) is 60.8 Å². The lowest BCUT2D eigenvalue weighted by Crippen LogP contribution is -2.33. The standard InChI is InChI=1S/C31H33N5OS/c37-28(33-25-16-8-11-22-10-4-5-14-24(22)25)18-21-36-30(29(34-31(36)38)26-15-6-7-19-32-26)27-17-9-20-35(27)23-12-2-1-3-13-23/h4-11,14-17,19-20,23,29-30H,1-3,12-13,18,21H2,(H,33,37)(H,34,38). The second kappa shape index (κ2) is 11.0. The maximum absolute atomic E-state index is 13.2. The number of thiocarbonyl (C=S) groups is 1. The summed E-state index contributed by atoms with van der Waals surface area (Å²) in [7, 11) is 0. The molecule has 2 fully saturated rings. The molecule has 2 aromatic carbocycles. The molecule has 6 rings (SSSR count). The molecule has 1 aliphatic heterocycles. The van der Waals surface area contributed by atoms with Crippen molar-refractivity contribution in [2.45, 2.75) is 56.7 Å². The van der Waals surface area contributed by atoms with E-state index in [1.54, 1.807) is 0 Å². The smallest absolute Gasteiger partial charge is 0.226 e. The number of fused-ring (bicyclic) bond motifs is 1. The first-order valence-corrected chi connectivity index (χ1v) is 14.0. The Labute approximate surface area is 229 Å². The number of hydrogen-bond acceptors (Lipinski definition) is 3. The van der Waals surface area contributed by atoms with Gasteiger partial charge in [-0.25, -0.2) is 0 Å². The second-order valence-corrected chi connectivity index (χ2v) is 10.7. The molecule has 7 heteroatoms. The maximum atomic E-state index is 13.2. The molecule has 4 aromatic rings. The van der Waals surface area contributed by atoms with Crippen molar-refractivity contribution in [3.05, 3.63) is 96.6 Å². The number of rotatable bonds is 7. The minimum absolute atomic E-state index is 0.0214. The predicted molar refractivity (Wildman–Crippen MR) is 156 cm³/mol. The van der Waals surface area contributed by atoms with Gasteiger partial charge in [0, 0.05) is 48.2 Å². The lowest BCUT2D eigenvalue weighted by Gasteiger charge is -2.32. The van der Waals surface area contributed by atoms with Gasteiger partial charge in [-0.3, -0.25) is 9.78 Å². The van der Waals surface area contributed by atoms with Crippen LogP contribution in [0.5, 0.6) is 0 Å². The Morgan fingerprint density at radius 3 is 2.63 bits per heavy atom. The molecule has 2 N–H and O–H groups in total. The number of nitrogens with zero attached hydrogens (tertiary/aromatic N) is 3. The maximum Gasteiger partial charge on any atom is 0.226 e. The minimum Gasteiger partial charge on any atom is -0.352 e. The Bertz CT molecular complexity index is 1420. The van der Waals surface area contributed by atoms with Gasteiger partial charge in [0.15, 0.2) is 5.11 Å². The van der Waals surface area contributed by atoms with Gasteiger partial charge in [-0.1, -0.05) is 61.7 Å². The molecule has 0 spiro atoms. The van der Waals surface area contributed by atoms with Gasteiger partial charge in [-0.2, -0.15) is 0 Å². The average Bonchev–Trinajstić information content (AvgIpc) is 3.57. The van der Waals surface area contributed by atoms with Crippen molar-refractivity contribution in [2.75, 3.05) is 11.9 Å². The summed E-state index contributed by atoms with van der Waals surface area (Å²) in [6.45, 7) is 0.520. The van der Waals surface area contributed by atoms with E-state index in [9.17, 15) is 4.79 Å². The van der Waals surface area contributed by atoms with E-state index in [4.69, 9.17) is 12.2 Å². The Morgan fingerprint density at radius 2 is 1.79 bits per heavy atom. The normalized spacial score (nSPS) is 20.0. The molecule has 2 atom stereocenters. The zero-order valence-corrected chi connectivity index (χ0v) is 22.2. The van der Waals surface area contributed by atoms with Crippen molar-refractivity contribution >= 4 is 39.7 Å². The number of amides is 1. The van der Waals surface area contributed by atoms with Gasteiger partial charge >= 0.3 is 0 Å². The topological polar surface area (TPSA) is 62.2 Å². The summed E-state index contributed by atoms with van der Waals surface area (Å²) in [4.78, 5) is 20.0. The van der Waals surface area contributed by atoms with Crippen LogP contribution in [0.4, 0.5) is 5.69 Å². The Hall–Kier alpha value is -3.71. The number of anilines is 1. The van der Waals surface area contributed by atoms with Crippen molar-refractivity contribution in [1.82, 2.24) is 19.8 Å². The molecule has 6 nitrogen and oxygen atoms in total. The van der Waals surface area contributed by atoms with E-state index in [-0.39, 0.29) is 18.0 Å². The van der Waals surface area contributed by atoms with Crippen LogP contribution in [0.25, 0.3) is 10.8 Å². The number of pyridine rings is 1. The molecule has 2 aliphatic rings. The summed E-state index contributed by atoms with van der Waals surface area (Å²) in [6, 6.07) is 24.8. The van der Waals surface area contributed by atoms with E-state index in [0.717, 1.165) is 22.2 Å². The van der Waals surface area contributed by atoms with Crippen LogP contribution in [-0.4, -0.2) is 32.0 Å². The molecular formula is C31H33N5OS. The molecule has 1 saturated heterocycles. The third kappa shape index (κ3) is 4.90. The van der Waals surface area contributed by atoms with Gasteiger partial charge in [-0.15, -0.1) is 0 Å². The Balaban J connectivity index is 1.25. The molecule has 1 saturated carbocycles. The van der Waals surface area contributed by atoms with Crippen LogP contribution in [0.3, 0.4) is 0 Å². The van der Waals surface area contributed by atoms with Gasteiger partial charge < -0.3 is 20.1 Å². The fourth-order valence-electron chi connectivity index (χ4n) is 6.09. The minimum atomic E-state index is -0.0814.